The Morgan fingerprint density at radius 3 is 2.48 bits per heavy atom. The van der Waals surface area contributed by atoms with Gasteiger partial charge in [0.1, 0.15) is 0 Å². The molecule has 0 aliphatic rings. The molecular weight excluding hydrogens is 386 g/mol. The third kappa shape index (κ3) is 5.51. The molecule has 0 spiro atoms. The highest BCUT2D eigenvalue weighted by Gasteiger charge is 2.19. The van der Waals surface area contributed by atoms with E-state index < -0.39 is 6.04 Å². The van der Waals surface area contributed by atoms with Crippen LogP contribution in [0.15, 0.2) is 60.0 Å². The minimum Gasteiger partial charge on any atom is -0.345 e. The monoisotopic (exact) mass is 409 g/mol. The molecule has 3 rings (SSSR count). The molecule has 0 unspecified atom stereocenters. The van der Waals surface area contributed by atoms with Crippen molar-refractivity contribution in [1.29, 1.82) is 0 Å². The van der Waals surface area contributed by atoms with Gasteiger partial charge in [-0.15, -0.1) is 10.2 Å². The van der Waals surface area contributed by atoms with Crippen molar-refractivity contribution in [2.75, 3.05) is 5.75 Å². The largest absolute Gasteiger partial charge is 0.345 e. The van der Waals surface area contributed by atoms with E-state index in [2.05, 4.69) is 20.5 Å². The van der Waals surface area contributed by atoms with Crippen LogP contribution in [0.25, 0.3) is 11.4 Å². The molecule has 0 radical (unpaired) electrons. The molecule has 1 atom stereocenters. The number of thioether (sulfide) groups is 1. The van der Waals surface area contributed by atoms with E-state index in [9.17, 15) is 9.59 Å². The van der Waals surface area contributed by atoms with Crippen LogP contribution in [0.1, 0.15) is 19.4 Å². The summed E-state index contributed by atoms with van der Waals surface area (Å²) in [6.07, 6.45) is 3.89. The summed E-state index contributed by atoms with van der Waals surface area (Å²) in [5.74, 6) is 0.627. The summed E-state index contributed by atoms with van der Waals surface area (Å²) >= 11 is 1.31. The van der Waals surface area contributed by atoms with Crippen LogP contribution >= 0.6 is 11.8 Å². The number of Topliss-reactive ketones (excluding diaryl/α,β-unsaturated/α-hetero) is 1. The number of pyridine rings is 1. The van der Waals surface area contributed by atoms with Gasteiger partial charge >= 0.3 is 0 Å². The second-order valence-electron chi connectivity index (χ2n) is 6.50. The van der Waals surface area contributed by atoms with E-state index in [0.29, 0.717) is 18.1 Å². The first kappa shape index (κ1) is 20.7. The van der Waals surface area contributed by atoms with E-state index in [0.717, 1.165) is 17.0 Å². The molecule has 0 aliphatic heterocycles. The summed E-state index contributed by atoms with van der Waals surface area (Å²) in [6.45, 7) is 4.18. The molecule has 0 saturated heterocycles. The van der Waals surface area contributed by atoms with Gasteiger partial charge in [0, 0.05) is 24.5 Å². The van der Waals surface area contributed by atoms with Gasteiger partial charge in [0.2, 0.25) is 5.91 Å². The number of hydrogen-bond acceptors (Lipinski definition) is 6. The van der Waals surface area contributed by atoms with Crippen LogP contribution in [-0.4, -0.2) is 43.2 Å². The second kappa shape index (κ2) is 9.97. The molecule has 1 N–H and O–H groups in total. The van der Waals surface area contributed by atoms with Crippen LogP contribution in [0, 0.1) is 0 Å². The molecule has 0 bridgehead atoms. The summed E-state index contributed by atoms with van der Waals surface area (Å²) in [4.78, 5) is 28.4. The van der Waals surface area contributed by atoms with Crippen molar-refractivity contribution < 1.29 is 9.59 Å². The zero-order chi connectivity index (χ0) is 20.6. The lowest BCUT2D eigenvalue weighted by molar-refractivity contribution is -0.125. The van der Waals surface area contributed by atoms with E-state index in [1.165, 1.54) is 18.7 Å². The van der Waals surface area contributed by atoms with Crippen LogP contribution in [0.2, 0.25) is 0 Å². The van der Waals surface area contributed by atoms with E-state index in [1.807, 2.05) is 54.0 Å². The van der Waals surface area contributed by atoms with E-state index in [-0.39, 0.29) is 17.4 Å². The fourth-order valence-electron chi connectivity index (χ4n) is 2.91. The van der Waals surface area contributed by atoms with Crippen molar-refractivity contribution in [2.24, 2.45) is 0 Å². The lowest BCUT2D eigenvalue weighted by Crippen LogP contribution is -2.42. The molecule has 29 heavy (non-hydrogen) atoms. The molecule has 7 nitrogen and oxygen atoms in total. The van der Waals surface area contributed by atoms with Crippen molar-refractivity contribution in [3.63, 3.8) is 0 Å². The number of carbonyl (C=O) groups is 2. The number of carbonyl (C=O) groups excluding carboxylic acids is 2. The maximum absolute atomic E-state index is 12.4. The highest BCUT2D eigenvalue weighted by atomic mass is 32.2. The number of hydrogen-bond donors (Lipinski definition) is 1. The third-order valence-electron chi connectivity index (χ3n) is 4.41. The van der Waals surface area contributed by atoms with Gasteiger partial charge in [-0.2, -0.15) is 0 Å². The predicted molar refractivity (Wildman–Crippen MR) is 112 cm³/mol. The van der Waals surface area contributed by atoms with Crippen LogP contribution < -0.4 is 5.32 Å². The SMILES string of the molecule is CCn1c(SCC(=O)N[C@H](Cc2ccccc2)C(C)=O)nnc1-c1ccncc1. The van der Waals surface area contributed by atoms with E-state index in [1.54, 1.807) is 12.4 Å². The van der Waals surface area contributed by atoms with Crippen molar-refractivity contribution in [3.05, 3.63) is 60.4 Å². The van der Waals surface area contributed by atoms with Gasteiger partial charge in [-0.25, -0.2) is 0 Å². The Morgan fingerprint density at radius 1 is 1.10 bits per heavy atom. The molecule has 1 aromatic carbocycles. The van der Waals surface area contributed by atoms with Crippen molar-refractivity contribution >= 4 is 23.5 Å². The number of rotatable bonds is 9. The molecule has 2 heterocycles. The van der Waals surface area contributed by atoms with Gasteiger partial charge in [0.25, 0.3) is 0 Å². The maximum atomic E-state index is 12.4. The van der Waals surface area contributed by atoms with E-state index >= 15 is 0 Å². The smallest absolute Gasteiger partial charge is 0.231 e. The fraction of sp³-hybridized carbons (Fsp3) is 0.286. The van der Waals surface area contributed by atoms with Gasteiger partial charge in [-0.1, -0.05) is 42.1 Å². The zero-order valence-corrected chi connectivity index (χ0v) is 17.2. The number of nitrogens with zero attached hydrogens (tertiary/aromatic N) is 4. The second-order valence-corrected chi connectivity index (χ2v) is 7.44. The predicted octanol–water partition coefficient (Wildman–Crippen LogP) is 2.77. The Balaban J connectivity index is 1.62. The number of aromatic nitrogens is 4. The first-order chi connectivity index (χ1) is 14.1. The molecule has 0 fully saturated rings. The van der Waals surface area contributed by atoms with Gasteiger partial charge in [0.05, 0.1) is 11.8 Å². The lowest BCUT2D eigenvalue weighted by Gasteiger charge is -2.16. The van der Waals surface area contributed by atoms with Gasteiger partial charge in [-0.3, -0.25) is 14.6 Å². The fourth-order valence-corrected chi connectivity index (χ4v) is 3.72. The lowest BCUT2D eigenvalue weighted by atomic mass is 10.0. The number of benzene rings is 1. The minimum absolute atomic E-state index is 0.0658. The quantitative estimate of drug-likeness (QED) is 0.547. The average molecular weight is 410 g/mol. The highest BCUT2D eigenvalue weighted by Crippen LogP contribution is 2.23. The van der Waals surface area contributed by atoms with Crippen molar-refractivity contribution in [1.82, 2.24) is 25.1 Å². The number of amides is 1. The summed E-state index contributed by atoms with van der Waals surface area (Å²) in [5, 5.41) is 12.0. The number of nitrogens with one attached hydrogen (secondary N) is 1. The minimum atomic E-state index is -0.540. The van der Waals surface area contributed by atoms with Crippen molar-refractivity contribution in [2.45, 2.75) is 38.0 Å². The first-order valence-corrected chi connectivity index (χ1v) is 10.4. The average Bonchev–Trinajstić information content (AvgIpc) is 3.16. The standard InChI is InChI=1S/C21H23N5O2S/c1-3-26-20(17-9-11-22-12-10-17)24-25-21(26)29-14-19(28)23-18(15(2)27)13-16-7-5-4-6-8-16/h4-12,18H,3,13-14H2,1-2H3,(H,23,28)/t18-/m1/s1. The summed E-state index contributed by atoms with van der Waals surface area (Å²) in [6, 6.07) is 12.9. The van der Waals surface area contributed by atoms with Crippen LogP contribution in [0.4, 0.5) is 0 Å². The van der Waals surface area contributed by atoms with Crippen LogP contribution in [0.5, 0.6) is 0 Å². The molecule has 3 aromatic rings. The third-order valence-corrected chi connectivity index (χ3v) is 5.38. The Kier molecular flexibility index (Phi) is 7.13. The topological polar surface area (TPSA) is 89.8 Å². The Morgan fingerprint density at radius 2 is 1.83 bits per heavy atom. The molecule has 150 valence electrons. The normalized spacial score (nSPS) is 11.8. The first-order valence-electron chi connectivity index (χ1n) is 9.38. The Bertz CT molecular complexity index is 960. The zero-order valence-electron chi connectivity index (χ0n) is 16.4. The summed E-state index contributed by atoms with van der Waals surface area (Å²) in [5.41, 5.74) is 1.93. The van der Waals surface area contributed by atoms with Crippen LogP contribution in [-0.2, 0) is 22.6 Å². The Labute approximate surface area is 174 Å². The molecule has 0 saturated carbocycles. The molecule has 8 heteroatoms. The molecular formula is C21H23N5O2S. The summed E-state index contributed by atoms with van der Waals surface area (Å²) < 4.78 is 1.96. The van der Waals surface area contributed by atoms with Crippen molar-refractivity contribution in [3.8, 4) is 11.4 Å². The summed E-state index contributed by atoms with van der Waals surface area (Å²) in [7, 11) is 0. The molecule has 0 aliphatic carbocycles. The highest BCUT2D eigenvalue weighted by molar-refractivity contribution is 7.99. The van der Waals surface area contributed by atoms with E-state index in [4.69, 9.17) is 0 Å². The Hall–Kier alpha value is -3.00. The molecule has 2 aromatic heterocycles. The maximum Gasteiger partial charge on any atom is 0.231 e. The number of ketones is 1. The van der Waals surface area contributed by atoms with Gasteiger partial charge in [0.15, 0.2) is 16.8 Å². The van der Waals surface area contributed by atoms with Gasteiger partial charge in [-0.05, 0) is 38.0 Å². The molecule has 1 amide bonds. The van der Waals surface area contributed by atoms with Crippen LogP contribution in [0.3, 0.4) is 0 Å². The van der Waals surface area contributed by atoms with Gasteiger partial charge < -0.3 is 9.88 Å².